The van der Waals surface area contributed by atoms with Gasteiger partial charge in [0.05, 0.1) is 18.2 Å². The van der Waals surface area contributed by atoms with Crippen molar-refractivity contribution < 1.29 is 14.1 Å². The van der Waals surface area contributed by atoms with Crippen LogP contribution in [0, 0.1) is 0 Å². The quantitative estimate of drug-likeness (QED) is 0.597. The van der Waals surface area contributed by atoms with Gasteiger partial charge in [-0.1, -0.05) is 0 Å². The lowest BCUT2D eigenvalue weighted by Gasteiger charge is -2.23. The molecule has 0 saturated carbocycles. The van der Waals surface area contributed by atoms with E-state index in [0.717, 1.165) is 17.0 Å². The Morgan fingerprint density at radius 3 is 2.81 bits per heavy atom. The molecule has 3 aromatic heterocycles. The molecule has 0 radical (unpaired) electrons. The number of hydrogen-bond donors (Lipinski definition) is 3. The molecular formula is C19H25N4O3S+. The van der Waals surface area contributed by atoms with Gasteiger partial charge in [-0.15, -0.1) is 11.3 Å². The van der Waals surface area contributed by atoms with Gasteiger partial charge in [-0.2, -0.15) is 0 Å². The number of fused-ring (bicyclic) bond motifs is 1. The topological polar surface area (TPSA) is 92.4 Å². The van der Waals surface area contributed by atoms with E-state index in [-0.39, 0.29) is 17.0 Å². The number of nitrogens with one attached hydrogen (secondary N) is 3. The third kappa shape index (κ3) is 4.64. The fourth-order valence-electron chi connectivity index (χ4n) is 2.93. The van der Waals surface area contributed by atoms with Gasteiger partial charge in [0.15, 0.2) is 12.4 Å². The van der Waals surface area contributed by atoms with Crippen molar-refractivity contribution in [2.75, 3.05) is 13.1 Å². The minimum atomic E-state index is -0.263. The molecule has 0 spiro atoms. The number of nitrogens with zero attached hydrogens (tertiary/aromatic N) is 1. The summed E-state index contributed by atoms with van der Waals surface area (Å²) in [7, 11) is 0. The number of rotatable bonds is 6. The number of aromatic nitrogens is 2. The standard InChI is InChI=1S/C19H24N4O3S/c1-5-23(10-15(24)22-19(2,3)4)9-14-20-17(25)16-12(11-27-18(16)21-14)13-7-6-8-26-13/h6-8,11H,5,9-10H2,1-4H3,(H,22,24)(H,20,21,25)/p+1. The Hall–Kier alpha value is -2.45. The first-order valence-corrected chi connectivity index (χ1v) is 9.83. The van der Waals surface area contributed by atoms with Crippen LogP contribution in [0.5, 0.6) is 0 Å². The van der Waals surface area contributed by atoms with Gasteiger partial charge in [-0.05, 0) is 39.8 Å². The van der Waals surface area contributed by atoms with Crippen molar-refractivity contribution in [2.24, 2.45) is 0 Å². The Labute approximate surface area is 161 Å². The highest BCUT2D eigenvalue weighted by molar-refractivity contribution is 7.17. The number of H-pyrrole nitrogens is 1. The molecule has 1 unspecified atom stereocenters. The normalized spacial score (nSPS) is 13.0. The molecule has 0 saturated heterocycles. The third-order valence-corrected chi connectivity index (χ3v) is 4.99. The smallest absolute Gasteiger partial charge is 0.275 e. The van der Waals surface area contributed by atoms with Crippen molar-refractivity contribution in [3.8, 4) is 11.3 Å². The monoisotopic (exact) mass is 389 g/mol. The van der Waals surface area contributed by atoms with Crippen LogP contribution in [0.4, 0.5) is 0 Å². The molecule has 1 amide bonds. The van der Waals surface area contributed by atoms with Crippen molar-refractivity contribution in [3.05, 3.63) is 40.0 Å². The Balaban J connectivity index is 1.81. The minimum Gasteiger partial charge on any atom is -0.464 e. The molecule has 3 aromatic rings. The summed E-state index contributed by atoms with van der Waals surface area (Å²) in [6.07, 6.45) is 1.58. The predicted octanol–water partition coefficient (Wildman–Crippen LogP) is 1.56. The third-order valence-electron chi connectivity index (χ3n) is 4.12. The molecule has 144 valence electrons. The van der Waals surface area contributed by atoms with E-state index in [4.69, 9.17) is 4.42 Å². The zero-order chi connectivity index (χ0) is 19.6. The van der Waals surface area contributed by atoms with E-state index in [1.165, 1.54) is 11.3 Å². The van der Waals surface area contributed by atoms with E-state index in [2.05, 4.69) is 15.3 Å². The lowest BCUT2D eigenvalue weighted by molar-refractivity contribution is -0.904. The Morgan fingerprint density at radius 2 is 2.19 bits per heavy atom. The first kappa shape index (κ1) is 19.3. The Morgan fingerprint density at radius 1 is 1.41 bits per heavy atom. The molecule has 0 aliphatic heterocycles. The maximum atomic E-state index is 12.6. The molecule has 0 aromatic carbocycles. The summed E-state index contributed by atoms with van der Waals surface area (Å²) in [6.45, 7) is 9.44. The number of carbonyl (C=O) groups excluding carboxylic acids is 1. The SMILES string of the molecule is CC[NH+](CC(=O)NC(C)(C)C)Cc1nc2scc(-c3ccco3)c2c(=O)[nH]1. The van der Waals surface area contributed by atoms with Gasteiger partial charge in [0.25, 0.3) is 11.5 Å². The van der Waals surface area contributed by atoms with Crippen molar-refractivity contribution in [1.29, 1.82) is 0 Å². The maximum absolute atomic E-state index is 12.6. The molecule has 1 atom stereocenters. The summed E-state index contributed by atoms with van der Waals surface area (Å²) in [5, 5.41) is 5.40. The second-order valence-corrected chi connectivity index (χ2v) is 8.43. The summed E-state index contributed by atoms with van der Waals surface area (Å²) >= 11 is 1.42. The summed E-state index contributed by atoms with van der Waals surface area (Å²) in [5.74, 6) is 1.22. The van der Waals surface area contributed by atoms with Crippen molar-refractivity contribution in [3.63, 3.8) is 0 Å². The highest BCUT2D eigenvalue weighted by atomic mass is 32.1. The van der Waals surface area contributed by atoms with Crippen molar-refractivity contribution in [1.82, 2.24) is 15.3 Å². The highest BCUT2D eigenvalue weighted by Crippen LogP contribution is 2.30. The molecule has 0 bridgehead atoms. The van der Waals surface area contributed by atoms with Crippen LogP contribution in [0.1, 0.15) is 33.5 Å². The zero-order valence-electron chi connectivity index (χ0n) is 16.0. The summed E-state index contributed by atoms with van der Waals surface area (Å²) < 4.78 is 5.41. The van der Waals surface area contributed by atoms with E-state index in [0.29, 0.717) is 34.9 Å². The molecule has 0 aliphatic rings. The molecule has 8 heteroatoms. The minimum absolute atomic E-state index is 0.0148. The van der Waals surface area contributed by atoms with Gasteiger partial charge in [-0.25, -0.2) is 4.98 Å². The van der Waals surface area contributed by atoms with Gasteiger partial charge in [0, 0.05) is 16.5 Å². The van der Waals surface area contributed by atoms with E-state index in [1.807, 2.05) is 39.1 Å². The van der Waals surface area contributed by atoms with Crippen LogP contribution in [0.15, 0.2) is 33.0 Å². The summed E-state index contributed by atoms with van der Waals surface area (Å²) in [4.78, 5) is 34.0. The van der Waals surface area contributed by atoms with Crippen LogP contribution in [0.3, 0.4) is 0 Å². The highest BCUT2D eigenvalue weighted by Gasteiger charge is 2.20. The number of thiophene rings is 1. The maximum Gasteiger partial charge on any atom is 0.275 e. The van der Waals surface area contributed by atoms with Crippen LogP contribution in [-0.2, 0) is 11.3 Å². The predicted molar refractivity (Wildman–Crippen MR) is 106 cm³/mol. The molecule has 27 heavy (non-hydrogen) atoms. The van der Waals surface area contributed by atoms with Gasteiger partial charge < -0.3 is 19.6 Å². The van der Waals surface area contributed by atoms with Crippen molar-refractivity contribution in [2.45, 2.75) is 39.8 Å². The molecule has 0 aliphatic carbocycles. The average molecular weight is 390 g/mol. The number of aromatic amines is 1. The van der Waals surface area contributed by atoms with E-state index in [9.17, 15) is 9.59 Å². The average Bonchev–Trinajstić information content (AvgIpc) is 3.21. The number of likely N-dealkylation sites (N-methyl/N-ethyl adjacent to an activating group) is 1. The molecule has 3 N–H and O–H groups in total. The van der Waals surface area contributed by atoms with Crippen LogP contribution in [0.25, 0.3) is 21.5 Å². The zero-order valence-corrected chi connectivity index (χ0v) is 16.8. The Kier molecular flexibility index (Phi) is 5.48. The number of carbonyl (C=O) groups is 1. The number of furan rings is 1. The number of amides is 1. The van der Waals surface area contributed by atoms with E-state index >= 15 is 0 Å². The molecule has 0 fully saturated rings. The van der Waals surface area contributed by atoms with Crippen LogP contribution in [-0.4, -0.2) is 34.5 Å². The summed E-state index contributed by atoms with van der Waals surface area (Å²) in [6, 6.07) is 3.62. The summed E-state index contributed by atoms with van der Waals surface area (Å²) in [5.41, 5.74) is 0.308. The second kappa shape index (κ2) is 7.66. The molecule has 3 rings (SSSR count). The van der Waals surface area contributed by atoms with E-state index < -0.39 is 0 Å². The second-order valence-electron chi connectivity index (χ2n) is 7.57. The fourth-order valence-corrected chi connectivity index (χ4v) is 3.88. The van der Waals surface area contributed by atoms with Crippen LogP contribution in [0.2, 0.25) is 0 Å². The van der Waals surface area contributed by atoms with Gasteiger partial charge >= 0.3 is 0 Å². The van der Waals surface area contributed by atoms with Crippen LogP contribution < -0.4 is 15.8 Å². The van der Waals surface area contributed by atoms with Crippen molar-refractivity contribution >= 4 is 27.5 Å². The fraction of sp³-hybridized carbons (Fsp3) is 0.421. The molecule has 7 nitrogen and oxygen atoms in total. The lowest BCUT2D eigenvalue weighted by Crippen LogP contribution is -3.11. The number of hydrogen-bond acceptors (Lipinski definition) is 5. The molecule has 3 heterocycles. The molecular weight excluding hydrogens is 364 g/mol. The first-order valence-electron chi connectivity index (χ1n) is 8.95. The Bertz CT molecular complexity index is 983. The largest absolute Gasteiger partial charge is 0.464 e. The number of quaternary nitrogens is 1. The van der Waals surface area contributed by atoms with Gasteiger partial charge in [-0.3, -0.25) is 9.59 Å². The van der Waals surface area contributed by atoms with Crippen LogP contribution >= 0.6 is 11.3 Å². The lowest BCUT2D eigenvalue weighted by atomic mass is 10.1. The first-order chi connectivity index (χ1) is 12.8. The van der Waals surface area contributed by atoms with Gasteiger partial charge in [0.2, 0.25) is 0 Å². The van der Waals surface area contributed by atoms with Gasteiger partial charge in [0.1, 0.15) is 17.1 Å². The van der Waals surface area contributed by atoms with E-state index in [1.54, 1.807) is 12.3 Å².